The molecule has 1 aromatic rings. The minimum atomic E-state index is -0.102. The van der Waals surface area contributed by atoms with Crippen molar-refractivity contribution in [2.75, 3.05) is 13.2 Å². The van der Waals surface area contributed by atoms with Gasteiger partial charge in [0.15, 0.2) is 0 Å². The minimum Gasteiger partial charge on any atom is -0.393 e. The van der Waals surface area contributed by atoms with E-state index < -0.39 is 0 Å². The van der Waals surface area contributed by atoms with Gasteiger partial charge in [0, 0.05) is 0 Å². The van der Waals surface area contributed by atoms with Crippen LogP contribution >= 0.6 is 0 Å². The quantitative estimate of drug-likeness (QED) is 0.677. The van der Waals surface area contributed by atoms with Crippen molar-refractivity contribution in [2.45, 2.75) is 12.5 Å². The fraction of sp³-hybridized carbons (Fsp3) is 0.400. The molecule has 1 aliphatic heterocycles. The summed E-state index contributed by atoms with van der Waals surface area (Å²) in [7, 11) is 0. The molecule has 1 N–H and O–H groups in total. The molecule has 1 aliphatic rings. The van der Waals surface area contributed by atoms with Crippen molar-refractivity contribution in [3.8, 4) is 0 Å². The van der Waals surface area contributed by atoms with E-state index >= 15 is 0 Å². The highest BCUT2D eigenvalue weighted by atomic mass is 16.5. The van der Waals surface area contributed by atoms with Crippen molar-refractivity contribution >= 4 is 0 Å². The SMILES string of the molecule is OCC1OCCc2ccccc21. The van der Waals surface area contributed by atoms with Crippen LogP contribution in [0, 0.1) is 0 Å². The van der Waals surface area contributed by atoms with E-state index in [4.69, 9.17) is 9.84 Å². The molecule has 0 amide bonds. The maximum absolute atomic E-state index is 9.01. The lowest BCUT2D eigenvalue weighted by Crippen LogP contribution is -2.18. The Labute approximate surface area is 71.8 Å². The third kappa shape index (κ3) is 1.24. The van der Waals surface area contributed by atoms with E-state index in [1.807, 2.05) is 18.2 Å². The van der Waals surface area contributed by atoms with Gasteiger partial charge >= 0.3 is 0 Å². The molecule has 0 bridgehead atoms. The van der Waals surface area contributed by atoms with Crippen molar-refractivity contribution in [1.82, 2.24) is 0 Å². The van der Waals surface area contributed by atoms with E-state index in [0.717, 1.165) is 18.6 Å². The first kappa shape index (κ1) is 7.77. The van der Waals surface area contributed by atoms with Crippen LogP contribution in [0.3, 0.4) is 0 Å². The molecular formula is C10H12O2. The number of fused-ring (bicyclic) bond motifs is 1. The van der Waals surface area contributed by atoms with Crippen LogP contribution in [0.25, 0.3) is 0 Å². The Morgan fingerprint density at radius 1 is 1.42 bits per heavy atom. The molecule has 0 saturated heterocycles. The Hall–Kier alpha value is -0.860. The first-order chi connectivity index (χ1) is 5.92. The number of rotatable bonds is 1. The van der Waals surface area contributed by atoms with Crippen molar-refractivity contribution in [1.29, 1.82) is 0 Å². The van der Waals surface area contributed by atoms with E-state index in [1.165, 1.54) is 5.56 Å². The number of hydrogen-bond donors (Lipinski definition) is 1. The second-order valence-corrected chi connectivity index (χ2v) is 2.99. The van der Waals surface area contributed by atoms with Crippen LogP contribution < -0.4 is 0 Å². The number of aliphatic hydroxyl groups excluding tert-OH is 1. The molecule has 1 heterocycles. The normalized spacial score (nSPS) is 21.9. The molecule has 2 nitrogen and oxygen atoms in total. The molecule has 0 spiro atoms. The molecule has 0 saturated carbocycles. The first-order valence-electron chi connectivity index (χ1n) is 4.22. The lowest BCUT2D eigenvalue weighted by Gasteiger charge is -2.24. The molecule has 64 valence electrons. The maximum atomic E-state index is 9.01. The number of benzene rings is 1. The van der Waals surface area contributed by atoms with E-state index in [1.54, 1.807) is 0 Å². The fourth-order valence-electron chi connectivity index (χ4n) is 1.63. The minimum absolute atomic E-state index is 0.0804. The third-order valence-corrected chi connectivity index (χ3v) is 2.26. The summed E-state index contributed by atoms with van der Waals surface area (Å²) in [5.41, 5.74) is 2.45. The van der Waals surface area contributed by atoms with Crippen LogP contribution in [0.5, 0.6) is 0 Å². The van der Waals surface area contributed by atoms with Crippen molar-refractivity contribution in [3.63, 3.8) is 0 Å². The van der Waals surface area contributed by atoms with Crippen molar-refractivity contribution in [2.24, 2.45) is 0 Å². The average Bonchev–Trinajstić information content (AvgIpc) is 2.17. The predicted molar refractivity (Wildman–Crippen MR) is 45.9 cm³/mol. The second-order valence-electron chi connectivity index (χ2n) is 2.99. The number of aliphatic hydroxyl groups is 1. The number of ether oxygens (including phenoxy) is 1. The maximum Gasteiger partial charge on any atom is 0.106 e. The molecule has 0 aliphatic carbocycles. The summed E-state index contributed by atoms with van der Waals surface area (Å²) in [5, 5.41) is 9.01. The zero-order chi connectivity index (χ0) is 8.39. The van der Waals surface area contributed by atoms with Gasteiger partial charge in [-0.15, -0.1) is 0 Å². The summed E-state index contributed by atoms with van der Waals surface area (Å²) >= 11 is 0. The van der Waals surface area contributed by atoms with Gasteiger partial charge in [-0.1, -0.05) is 24.3 Å². The Kier molecular flexibility index (Phi) is 2.11. The van der Waals surface area contributed by atoms with Gasteiger partial charge in [-0.3, -0.25) is 0 Å². The molecule has 0 fully saturated rings. The van der Waals surface area contributed by atoms with Gasteiger partial charge in [0.1, 0.15) is 6.10 Å². The molecular weight excluding hydrogens is 152 g/mol. The topological polar surface area (TPSA) is 29.5 Å². The second kappa shape index (κ2) is 3.25. The van der Waals surface area contributed by atoms with Gasteiger partial charge < -0.3 is 9.84 Å². The summed E-state index contributed by atoms with van der Waals surface area (Å²) in [6.45, 7) is 0.805. The average molecular weight is 164 g/mol. The van der Waals surface area contributed by atoms with Crippen molar-refractivity contribution < 1.29 is 9.84 Å². The van der Waals surface area contributed by atoms with Crippen LogP contribution in [0.1, 0.15) is 17.2 Å². The van der Waals surface area contributed by atoms with Crippen LogP contribution in [0.2, 0.25) is 0 Å². The fourth-order valence-corrected chi connectivity index (χ4v) is 1.63. The summed E-state index contributed by atoms with van der Waals surface area (Å²) < 4.78 is 5.40. The molecule has 1 atom stereocenters. The molecule has 1 aromatic carbocycles. The smallest absolute Gasteiger partial charge is 0.106 e. The summed E-state index contributed by atoms with van der Waals surface area (Å²) in [6.07, 6.45) is 0.863. The molecule has 1 unspecified atom stereocenters. The zero-order valence-corrected chi connectivity index (χ0v) is 6.86. The predicted octanol–water partition coefficient (Wildman–Crippen LogP) is 1.29. The summed E-state index contributed by atoms with van der Waals surface area (Å²) in [5.74, 6) is 0. The zero-order valence-electron chi connectivity index (χ0n) is 6.86. The van der Waals surface area contributed by atoms with Gasteiger partial charge in [-0.25, -0.2) is 0 Å². The first-order valence-corrected chi connectivity index (χ1v) is 4.22. The van der Waals surface area contributed by atoms with Gasteiger partial charge in [0.25, 0.3) is 0 Å². The largest absolute Gasteiger partial charge is 0.393 e. The van der Waals surface area contributed by atoms with Crippen LogP contribution in [0.4, 0.5) is 0 Å². The lowest BCUT2D eigenvalue weighted by atomic mass is 9.98. The van der Waals surface area contributed by atoms with E-state index in [2.05, 4.69) is 6.07 Å². The summed E-state index contributed by atoms with van der Waals surface area (Å²) in [4.78, 5) is 0. The molecule has 2 rings (SSSR count). The summed E-state index contributed by atoms with van der Waals surface area (Å²) in [6, 6.07) is 8.13. The van der Waals surface area contributed by atoms with E-state index in [-0.39, 0.29) is 12.7 Å². The van der Waals surface area contributed by atoms with Crippen LogP contribution in [0.15, 0.2) is 24.3 Å². The van der Waals surface area contributed by atoms with E-state index in [9.17, 15) is 0 Å². The van der Waals surface area contributed by atoms with Crippen LogP contribution in [-0.2, 0) is 11.2 Å². The molecule has 2 heteroatoms. The highest BCUT2D eigenvalue weighted by molar-refractivity contribution is 5.30. The highest BCUT2D eigenvalue weighted by Crippen LogP contribution is 2.25. The van der Waals surface area contributed by atoms with Crippen molar-refractivity contribution in [3.05, 3.63) is 35.4 Å². The lowest BCUT2D eigenvalue weighted by molar-refractivity contribution is 0.00318. The molecule has 0 aromatic heterocycles. The molecule has 12 heavy (non-hydrogen) atoms. The Bertz CT molecular complexity index is 270. The Morgan fingerprint density at radius 3 is 3.08 bits per heavy atom. The standard InChI is InChI=1S/C10H12O2/c11-7-10-9-4-2-1-3-8(9)5-6-12-10/h1-4,10-11H,5-7H2. The Balaban J connectivity index is 2.37. The van der Waals surface area contributed by atoms with Crippen LogP contribution in [-0.4, -0.2) is 18.3 Å². The Morgan fingerprint density at radius 2 is 2.25 bits per heavy atom. The van der Waals surface area contributed by atoms with Gasteiger partial charge in [-0.2, -0.15) is 0 Å². The third-order valence-electron chi connectivity index (χ3n) is 2.26. The van der Waals surface area contributed by atoms with Gasteiger partial charge in [0.2, 0.25) is 0 Å². The highest BCUT2D eigenvalue weighted by Gasteiger charge is 2.18. The molecule has 0 radical (unpaired) electrons. The van der Waals surface area contributed by atoms with Gasteiger partial charge in [-0.05, 0) is 17.5 Å². The number of hydrogen-bond acceptors (Lipinski definition) is 2. The van der Waals surface area contributed by atoms with E-state index in [0.29, 0.717) is 0 Å². The monoisotopic (exact) mass is 164 g/mol. The van der Waals surface area contributed by atoms with Gasteiger partial charge in [0.05, 0.1) is 13.2 Å².